The van der Waals surface area contributed by atoms with E-state index in [2.05, 4.69) is 20.3 Å². The standard InChI is InChI=1S/C18H20ClF2N5O2S/c1-18(16(20)21,29-17(22)23-2)7-10-6-12(9-25-15(10)28-3)26-14(27)13-5-4-11(19)8-24-13/h4-6,8-9,16H,7H2,1-3H3,(H2,22,23)(H,26,27)/t18-/m1/s1. The molecule has 0 spiro atoms. The Labute approximate surface area is 176 Å². The molecule has 3 N–H and O–H groups in total. The van der Waals surface area contributed by atoms with E-state index in [9.17, 15) is 13.6 Å². The smallest absolute Gasteiger partial charge is 0.274 e. The van der Waals surface area contributed by atoms with Gasteiger partial charge in [0.15, 0.2) is 5.17 Å². The second-order valence-corrected chi connectivity index (χ2v) is 8.15. The van der Waals surface area contributed by atoms with E-state index in [1.54, 1.807) is 0 Å². The summed E-state index contributed by atoms with van der Waals surface area (Å²) >= 11 is 6.54. The summed E-state index contributed by atoms with van der Waals surface area (Å²) in [4.78, 5) is 24.1. The molecule has 2 aromatic rings. The van der Waals surface area contributed by atoms with Crippen molar-refractivity contribution in [1.29, 1.82) is 0 Å². The molecule has 0 aliphatic heterocycles. The van der Waals surface area contributed by atoms with Crippen LogP contribution in [-0.2, 0) is 6.42 Å². The van der Waals surface area contributed by atoms with Gasteiger partial charge in [0.25, 0.3) is 12.3 Å². The number of nitrogens with zero attached hydrogens (tertiary/aromatic N) is 3. The number of aromatic nitrogens is 2. The number of hydrogen-bond donors (Lipinski definition) is 2. The van der Waals surface area contributed by atoms with Crippen LogP contribution in [0, 0.1) is 0 Å². The van der Waals surface area contributed by atoms with Crippen molar-refractivity contribution in [3.63, 3.8) is 0 Å². The second kappa shape index (κ2) is 9.84. The summed E-state index contributed by atoms with van der Waals surface area (Å²) in [6.45, 7) is 1.38. The number of amides is 1. The Morgan fingerprint density at radius 2 is 2.14 bits per heavy atom. The van der Waals surface area contributed by atoms with Crippen LogP contribution in [-0.4, -0.2) is 46.4 Å². The van der Waals surface area contributed by atoms with Crippen LogP contribution in [0.5, 0.6) is 5.88 Å². The predicted octanol–water partition coefficient (Wildman–Crippen LogP) is 3.63. The number of thioether (sulfide) groups is 1. The van der Waals surface area contributed by atoms with Gasteiger partial charge in [-0.3, -0.25) is 9.79 Å². The molecule has 0 aromatic carbocycles. The van der Waals surface area contributed by atoms with E-state index >= 15 is 0 Å². The van der Waals surface area contributed by atoms with Crippen molar-refractivity contribution in [2.45, 2.75) is 24.5 Å². The first-order valence-corrected chi connectivity index (χ1v) is 9.53. The molecule has 0 radical (unpaired) electrons. The predicted molar refractivity (Wildman–Crippen MR) is 111 cm³/mol. The lowest BCUT2D eigenvalue weighted by Gasteiger charge is -2.28. The van der Waals surface area contributed by atoms with Crippen LogP contribution in [0.2, 0.25) is 5.02 Å². The Morgan fingerprint density at radius 1 is 1.41 bits per heavy atom. The maximum absolute atomic E-state index is 13.8. The Hall–Kier alpha value is -2.46. The molecule has 156 valence electrons. The highest BCUT2D eigenvalue weighted by Gasteiger charge is 2.38. The van der Waals surface area contributed by atoms with Gasteiger partial charge >= 0.3 is 0 Å². The molecule has 0 unspecified atom stereocenters. The number of halogens is 3. The van der Waals surface area contributed by atoms with Crippen molar-refractivity contribution in [3.8, 4) is 5.88 Å². The Bertz CT molecular complexity index is 898. The highest BCUT2D eigenvalue weighted by Crippen LogP contribution is 2.37. The quantitative estimate of drug-likeness (QED) is 0.500. The van der Waals surface area contributed by atoms with E-state index in [0.29, 0.717) is 16.3 Å². The van der Waals surface area contributed by atoms with E-state index in [4.69, 9.17) is 22.1 Å². The molecule has 0 fully saturated rings. The van der Waals surface area contributed by atoms with Gasteiger partial charge in [0.05, 0.1) is 28.8 Å². The normalized spacial score (nSPS) is 13.8. The van der Waals surface area contributed by atoms with Crippen molar-refractivity contribution in [2.75, 3.05) is 19.5 Å². The number of hydrogen-bond acceptors (Lipinski definition) is 6. The molecule has 0 saturated carbocycles. The van der Waals surface area contributed by atoms with Crippen LogP contribution in [0.3, 0.4) is 0 Å². The lowest BCUT2D eigenvalue weighted by atomic mass is 10.0. The number of anilines is 1. The summed E-state index contributed by atoms with van der Waals surface area (Å²) < 4.78 is 31.2. The minimum Gasteiger partial charge on any atom is -0.481 e. The van der Waals surface area contributed by atoms with Gasteiger partial charge in [-0.25, -0.2) is 18.7 Å². The number of nitrogens with one attached hydrogen (secondary N) is 1. The van der Waals surface area contributed by atoms with Gasteiger partial charge in [-0.05, 0) is 31.5 Å². The fraction of sp³-hybridized carbons (Fsp3) is 0.333. The molecule has 11 heteroatoms. The summed E-state index contributed by atoms with van der Waals surface area (Å²) in [5, 5.41) is 3.07. The fourth-order valence-electron chi connectivity index (χ4n) is 2.40. The van der Waals surface area contributed by atoms with Gasteiger partial charge in [0.1, 0.15) is 5.69 Å². The zero-order chi connectivity index (χ0) is 21.6. The molecular weight excluding hydrogens is 424 g/mol. The third-order valence-electron chi connectivity index (χ3n) is 3.90. The van der Waals surface area contributed by atoms with Crippen molar-refractivity contribution < 1.29 is 18.3 Å². The molecule has 7 nitrogen and oxygen atoms in total. The summed E-state index contributed by atoms with van der Waals surface area (Å²) in [5.41, 5.74) is 6.49. The minimum atomic E-state index is -2.70. The maximum Gasteiger partial charge on any atom is 0.274 e. The van der Waals surface area contributed by atoms with Gasteiger partial charge in [-0.15, -0.1) is 0 Å². The van der Waals surface area contributed by atoms with Crippen LogP contribution in [0.25, 0.3) is 0 Å². The zero-order valence-corrected chi connectivity index (χ0v) is 17.5. The number of pyridine rings is 2. The van der Waals surface area contributed by atoms with Gasteiger partial charge in [-0.1, -0.05) is 23.4 Å². The van der Waals surface area contributed by atoms with E-state index in [1.165, 1.54) is 51.7 Å². The van der Waals surface area contributed by atoms with Gasteiger partial charge in [0.2, 0.25) is 5.88 Å². The first-order valence-electron chi connectivity index (χ1n) is 8.33. The average molecular weight is 444 g/mol. The highest BCUT2D eigenvalue weighted by atomic mass is 35.5. The number of aliphatic imine (C=N–C) groups is 1. The molecule has 29 heavy (non-hydrogen) atoms. The van der Waals surface area contributed by atoms with Crippen LogP contribution < -0.4 is 15.8 Å². The third-order valence-corrected chi connectivity index (χ3v) is 5.30. The fourth-order valence-corrected chi connectivity index (χ4v) is 3.40. The number of amidine groups is 1. The van der Waals surface area contributed by atoms with Crippen LogP contribution in [0.1, 0.15) is 23.0 Å². The van der Waals surface area contributed by atoms with E-state index in [-0.39, 0.29) is 23.2 Å². The highest BCUT2D eigenvalue weighted by molar-refractivity contribution is 8.15. The minimum absolute atomic E-state index is 0.0398. The molecule has 2 rings (SSSR count). The largest absolute Gasteiger partial charge is 0.481 e. The Kier molecular flexibility index (Phi) is 7.74. The number of methoxy groups -OCH3 is 1. The molecular formula is C18H20ClF2N5O2S. The van der Waals surface area contributed by atoms with E-state index in [1.807, 2.05) is 0 Å². The number of carbonyl (C=O) groups excluding carboxylic acids is 1. The molecule has 0 aliphatic rings. The van der Waals surface area contributed by atoms with Crippen molar-refractivity contribution in [1.82, 2.24) is 9.97 Å². The number of ether oxygens (including phenoxy) is 1. The average Bonchev–Trinajstić information content (AvgIpc) is 2.68. The van der Waals surface area contributed by atoms with Gasteiger partial charge < -0.3 is 15.8 Å². The summed E-state index contributed by atoms with van der Waals surface area (Å²) in [6, 6.07) is 4.53. The zero-order valence-electron chi connectivity index (χ0n) is 15.9. The van der Waals surface area contributed by atoms with Crippen molar-refractivity contribution in [2.24, 2.45) is 10.7 Å². The molecule has 1 amide bonds. The first-order chi connectivity index (χ1) is 13.7. The number of carbonyl (C=O) groups is 1. The monoisotopic (exact) mass is 443 g/mol. The molecule has 0 aliphatic carbocycles. The third kappa shape index (κ3) is 6.01. The summed E-state index contributed by atoms with van der Waals surface area (Å²) in [7, 11) is 2.81. The molecule has 1 atom stereocenters. The van der Waals surface area contributed by atoms with Crippen molar-refractivity contribution in [3.05, 3.63) is 46.9 Å². The SMILES string of the molecule is CN=C(N)S[C@](C)(Cc1cc(NC(=O)c2ccc(Cl)cn2)cnc1OC)C(F)F. The molecule has 0 bridgehead atoms. The number of nitrogens with two attached hydrogens (primary N) is 1. The van der Waals surface area contributed by atoms with Gasteiger partial charge in [0, 0.05) is 18.8 Å². The molecule has 2 heterocycles. The number of alkyl halides is 2. The van der Waals surface area contributed by atoms with E-state index < -0.39 is 17.1 Å². The van der Waals surface area contributed by atoms with Crippen LogP contribution in [0.4, 0.5) is 14.5 Å². The number of rotatable bonds is 7. The summed E-state index contributed by atoms with van der Waals surface area (Å²) in [6.07, 6.45) is -0.108. The first kappa shape index (κ1) is 22.8. The van der Waals surface area contributed by atoms with E-state index in [0.717, 1.165) is 11.8 Å². The molecule has 0 saturated heterocycles. The Morgan fingerprint density at radius 3 is 2.69 bits per heavy atom. The maximum atomic E-state index is 13.8. The van der Waals surface area contributed by atoms with Crippen LogP contribution >= 0.6 is 23.4 Å². The summed E-state index contributed by atoms with van der Waals surface area (Å²) in [5.74, 6) is -0.319. The second-order valence-electron chi connectivity index (χ2n) is 6.16. The molecule has 2 aromatic heterocycles. The Balaban J connectivity index is 2.29. The van der Waals surface area contributed by atoms with Crippen molar-refractivity contribution >= 4 is 40.1 Å². The lowest BCUT2D eigenvalue weighted by Crippen LogP contribution is -2.35. The van der Waals surface area contributed by atoms with Gasteiger partial charge in [-0.2, -0.15) is 0 Å². The van der Waals surface area contributed by atoms with Crippen LogP contribution in [0.15, 0.2) is 35.6 Å². The topological polar surface area (TPSA) is 102 Å². The lowest BCUT2D eigenvalue weighted by molar-refractivity contribution is 0.102.